The number of thioether (sulfide) groups is 1. The Hall–Kier alpha value is -3.60. The zero-order valence-electron chi connectivity index (χ0n) is 23.4. The molecule has 1 aliphatic heterocycles. The third-order valence-corrected chi connectivity index (χ3v) is 7.59. The number of piperidine rings is 1. The molecule has 0 saturated carbocycles. The summed E-state index contributed by atoms with van der Waals surface area (Å²) in [6, 6.07) is 9.18. The van der Waals surface area contributed by atoms with Crippen molar-refractivity contribution in [2.24, 2.45) is 0 Å². The third-order valence-electron chi connectivity index (χ3n) is 6.74. The zero-order valence-corrected chi connectivity index (χ0v) is 24.2. The number of benzene rings is 1. The second kappa shape index (κ2) is 13.6. The maximum Gasteiger partial charge on any atom is 0.447 e. The Morgan fingerprint density at radius 1 is 1.26 bits per heavy atom. The summed E-state index contributed by atoms with van der Waals surface area (Å²) in [7, 11) is 3.00. The van der Waals surface area contributed by atoms with Crippen molar-refractivity contribution >= 4 is 34.6 Å². The molecule has 3 heterocycles. The van der Waals surface area contributed by atoms with Crippen LogP contribution in [-0.4, -0.2) is 84.5 Å². The van der Waals surface area contributed by atoms with Crippen molar-refractivity contribution in [1.29, 1.82) is 0 Å². The molecule has 1 aromatic carbocycles. The van der Waals surface area contributed by atoms with Gasteiger partial charge in [-0.05, 0) is 49.7 Å². The fraction of sp³-hybridized carbons (Fsp3) is 0.414. The van der Waals surface area contributed by atoms with Gasteiger partial charge in [0.15, 0.2) is 0 Å². The highest BCUT2D eigenvalue weighted by molar-refractivity contribution is 8.00. The number of amides is 1. The number of carbonyl (C=O) groups excluding carboxylic acids is 1. The Morgan fingerprint density at radius 3 is 2.71 bits per heavy atom. The quantitative estimate of drug-likeness (QED) is 0.161. The summed E-state index contributed by atoms with van der Waals surface area (Å²) in [4.78, 5) is 13.9. The first-order valence-corrected chi connectivity index (χ1v) is 14.1. The number of likely N-dealkylation sites (tertiary alicyclic amines) is 1. The SMILES string of the molecule is CNC(=O)c1ccc(OC)c(NCC#Cc2cc3c(N[C@@H]4CCN(CC(C)O)C[C@@H]4F)cccn3c2SC(F)(F)F)c1. The van der Waals surface area contributed by atoms with Gasteiger partial charge in [0, 0.05) is 50.2 Å². The number of hydrogen-bond acceptors (Lipinski definition) is 7. The number of halogens is 4. The number of fused-ring (bicyclic) bond motifs is 1. The van der Waals surface area contributed by atoms with E-state index in [1.54, 1.807) is 43.3 Å². The topological polar surface area (TPSA) is 90.3 Å². The van der Waals surface area contributed by atoms with E-state index in [9.17, 15) is 23.1 Å². The number of alkyl halides is 4. The van der Waals surface area contributed by atoms with Gasteiger partial charge in [-0.1, -0.05) is 11.8 Å². The summed E-state index contributed by atoms with van der Waals surface area (Å²) < 4.78 is 62.4. The van der Waals surface area contributed by atoms with Crippen molar-refractivity contribution < 1.29 is 32.2 Å². The molecule has 226 valence electrons. The molecule has 2 aromatic heterocycles. The number of aliphatic hydroxyl groups excluding tert-OH is 1. The standard InChI is InChI=1S/C29H33F4N5O3S/c1-18(39)16-37-13-10-22(21(30)17-37)36-23-7-5-12-38-25(23)15-20(28(38)42-29(31,32)33)6-4-11-35-24-14-19(27(40)34-2)8-9-26(24)41-3/h5,7-9,12,14-15,18,21-22,35-36,39H,10-11,13,16-17H2,1-3H3,(H,34,40)/t18?,21-,22+/m0/s1. The summed E-state index contributed by atoms with van der Waals surface area (Å²) >= 11 is -0.264. The van der Waals surface area contributed by atoms with Crippen LogP contribution in [0.3, 0.4) is 0 Å². The smallest absolute Gasteiger partial charge is 0.447 e. The largest absolute Gasteiger partial charge is 0.495 e. The molecule has 42 heavy (non-hydrogen) atoms. The monoisotopic (exact) mass is 607 g/mol. The Bertz CT molecular complexity index is 1470. The second-order valence-electron chi connectivity index (χ2n) is 9.90. The lowest BCUT2D eigenvalue weighted by molar-refractivity contribution is -0.0329. The van der Waals surface area contributed by atoms with Gasteiger partial charge >= 0.3 is 5.51 Å². The average molecular weight is 608 g/mol. The highest BCUT2D eigenvalue weighted by Crippen LogP contribution is 2.41. The first kappa shape index (κ1) is 31.3. The molecule has 1 unspecified atom stereocenters. The van der Waals surface area contributed by atoms with Crippen molar-refractivity contribution in [3.8, 4) is 17.6 Å². The molecule has 8 nitrogen and oxygen atoms in total. The van der Waals surface area contributed by atoms with Crippen LogP contribution in [0.4, 0.5) is 28.9 Å². The second-order valence-corrected chi connectivity index (χ2v) is 11.0. The summed E-state index contributed by atoms with van der Waals surface area (Å²) in [5.74, 6) is 5.90. The summed E-state index contributed by atoms with van der Waals surface area (Å²) in [5, 5.41) is 18.3. The fourth-order valence-corrected chi connectivity index (χ4v) is 5.58. The molecule has 4 rings (SSSR count). The van der Waals surface area contributed by atoms with Crippen molar-refractivity contribution in [2.75, 3.05) is 51.0 Å². The normalized spacial score (nSPS) is 18.2. The van der Waals surface area contributed by atoms with Crippen LogP contribution in [0.25, 0.3) is 5.52 Å². The Labute approximate surface area is 245 Å². The summed E-state index contributed by atoms with van der Waals surface area (Å²) in [6.45, 7) is 2.84. The molecule has 3 aromatic rings. The van der Waals surface area contributed by atoms with Crippen LogP contribution in [0.1, 0.15) is 29.3 Å². The van der Waals surface area contributed by atoms with Crippen LogP contribution in [0.2, 0.25) is 0 Å². The average Bonchev–Trinajstić information content (AvgIpc) is 3.28. The van der Waals surface area contributed by atoms with Crippen LogP contribution < -0.4 is 20.7 Å². The lowest BCUT2D eigenvalue weighted by Gasteiger charge is -2.36. The summed E-state index contributed by atoms with van der Waals surface area (Å²) in [6.07, 6.45) is 0.208. The molecular weight excluding hydrogens is 574 g/mol. The predicted octanol–water partition coefficient (Wildman–Crippen LogP) is 4.59. The number of nitrogens with one attached hydrogen (secondary N) is 3. The van der Waals surface area contributed by atoms with E-state index >= 15 is 4.39 Å². The maximum absolute atomic E-state index is 15.0. The van der Waals surface area contributed by atoms with Gasteiger partial charge in [0.1, 0.15) is 16.9 Å². The van der Waals surface area contributed by atoms with Gasteiger partial charge in [0.25, 0.3) is 5.91 Å². The molecule has 1 saturated heterocycles. The van der Waals surface area contributed by atoms with Crippen LogP contribution in [0, 0.1) is 11.8 Å². The Kier molecular flexibility index (Phi) is 10.1. The lowest BCUT2D eigenvalue weighted by atomic mass is 10.0. The maximum atomic E-state index is 15.0. The molecule has 0 bridgehead atoms. The number of methoxy groups -OCH3 is 1. The number of β-amino-alcohol motifs (C(OH)–C–C–N with tert-alkyl or cyclic N) is 1. The highest BCUT2D eigenvalue weighted by atomic mass is 32.2. The third kappa shape index (κ3) is 7.81. The first-order valence-electron chi connectivity index (χ1n) is 13.3. The van der Waals surface area contributed by atoms with Gasteiger partial charge < -0.3 is 30.2 Å². The van der Waals surface area contributed by atoms with Crippen molar-refractivity contribution in [2.45, 2.75) is 42.2 Å². The van der Waals surface area contributed by atoms with Gasteiger partial charge in [-0.15, -0.1) is 0 Å². The number of aromatic nitrogens is 1. The molecule has 1 fully saturated rings. The molecule has 1 amide bonds. The minimum absolute atomic E-state index is 0.0650. The fourth-order valence-electron chi connectivity index (χ4n) is 4.88. The molecule has 0 spiro atoms. The molecule has 13 heteroatoms. The van der Waals surface area contributed by atoms with Crippen LogP contribution >= 0.6 is 11.8 Å². The van der Waals surface area contributed by atoms with Gasteiger partial charge in [0.05, 0.1) is 48.3 Å². The lowest BCUT2D eigenvalue weighted by Crippen LogP contribution is -2.49. The first-order chi connectivity index (χ1) is 20.0. The molecule has 1 aliphatic rings. The number of rotatable bonds is 9. The predicted molar refractivity (Wildman–Crippen MR) is 156 cm³/mol. The minimum atomic E-state index is -4.55. The van der Waals surface area contributed by atoms with Gasteiger partial charge in [0.2, 0.25) is 0 Å². The van der Waals surface area contributed by atoms with Gasteiger partial charge in [-0.25, -0.2) is 4.39 Å². The minimum Gasteiger partial charge on any atom is -0.495 e. The van der Waals surface area contributed by atoms with Crippen molar-refractivity contribution in [3.05, 3.63) is 53.7 Å². The Balaban J connectivity index is 1.58. The molecule has 3 atom stereocenters. The number of carbonyl (C=O) groups is 1. The number of anilines is 2. The van der Waals surface area contributed by atoms with E-state index in [2.05, 4.69) is 27.8 Å². The van der Waals surface area contributed by atoms with E-state index in [-0.39, 0.29) is 41.3 Å². The van der Waals surface area contributed by atoms with Crippen LogP contribution in [0.5, 0.6) is 5.75 Å². The van der Waals surface area contributed by atoms with Crippen LogP contribution in [0.15, 0.2) is 47.6 Å². The van der Waals surface area contributed by atoms with E-state index < -0.39 is 23.8 Å². The number of ether oxygens (including phenoxy) is 1. The highest BCUT2D eigenvalue weighted by Gasteiger charge is 2.33. The van der Waals surface area contributed by atoms with Crippen molar-refractivity contribution in [1.82, 2.24) is 14.6 Å². The van der Waals surface area contributed by atoms with Gasteiger partial charge in [-0.3, -0.25) is 9.69 Å². The Morgan fingerprint density at radius 2 is 2.05 bits per heavy atom. The molecule has 4 N–H and O–H groups in total. The number of aliphatic hydroxyl groups is 1. The van der Waals surface area contributed by atoms with E-state index in [0.717, 1.165) is 0 Å². The molecular formula is C29H33F4N5O3S. The summed E-state index contributed by atoms with van der Waals surface area (Å²) in [5.41, 5.74) is -2.53. The van der Waals surface area contributed by atoms with E-state index in [0.29, 0.717) is 47.7 Å². The van der Waals surface area contributed by atoms with E-state index in [1.807, 2.05) is 4.90 Å². The zero-order chi connectivity index (χ0) is 30.4. The van der Waals surface area contributed by atoms with E-state index in [1.165, 1.54) is 24.8 Å². The molecule has 0 aliphatic carbocycles. The van der Waals surface area contributed by atoms with Gasteiger partial charge in [-0.2, -0.15) is 13.2 Å². The number of nitrogens with zero attached hydrogens (tertiary/aromatic N) is 2. The molecule has 0 radical (unpaired) electrons. The van der Waals surface area contributed by atoms with Crippen LogP contribution in [-0.2, 0) is 0 Å². The number of hydrogen-bond donors (Lipinski definition) is 4. The van der Waals surface area contributed by atoms with E-state index in [4.69, 9.17) is 4.74 Å². The number of pyridine rings is 1. The van der Waals surface area contributed by atoms with Crippen molar-refractivity contribution in [3.63, 3.8) is 0 Å².